The standard InChI is InChI=1S/C15H17NO/c1-15(11-16)8-6-14(7-9-15)13-4-2-12(10-17)3-5-13/h2-5,10,14H,6-9H2,1H3. The number of benzene rings is 1. The number of nitriles is 1. The summed E-state index contributed by atoms with van der Waals surface area (Å²) in [6.45, 7) is 2.05. The van der Waals surface area contributed by atoms with E-state index in [1.54, 1.807) is 0 Å². The van der Waals surface area contributed by atoms with Crippen molar-refractivity contribution >= 4 is 6.29 Å². The number of aldehydes is 1. The van der Waals surface area contributed by atoms with Gasteiger partial charge in [-0.25, -0.2) is 0 Å². The third kappa shape index (κ3) is 2.55. The van der Waals surface area contributed by atoms with Gasteiger partial charge in [-0.1, -0.05) is 24.3 Å². The average molecular weight is 227 g/mol. The maximum absolute atomic E-state index is 10.6. The van der Waals surface area contributed by atoms with Crippen molar-refractivity contribution in [2.45, 2.75) is 38.5 Å². The van der Waals surface area contributed by atoms with Crippen molar-refractivity contribution in [1.82, 2.24) is 0 Å². The van der Waals surface area contributed by atoms with Crippen LogP contribution < -0.4 is 0 Å². The van der Waals surface area contributed by atoms with Crippen LogP contribution >= 0.6 is 0 Å². The molecule has 0 aliphatic heterocycles. The summed E-state index contributed by atoms with van der Waals surface area (Å²) in [6.07, 6.45) is 4.97. The molecule has 0 spiro atoms. The second-order valence-electron chi connectivity index (χ2n) is 5.23. The molecule has 88 valence electrons. The fourth-order valence-corrected chi connectivity index (χ4v) is 2.55. The number of nitrogens with zero attached hydrogens (tertiary/aromatic N) is 1. The van der Waals surface area contributed by atoms with Crippen LogP contribution in [0.15, 0.2) is 24.3 Å². The minimum Gasteiger partial charge on any atom is -0.298 e. The summed E-state index contributed by atoms with van der Waals surface area (Å²) in [6, 6.07) is 10.3. The topological polar surface area (TPSA) is 40.9 Å². The summed E-state index contributed by atoms with van der Waals surface area (Å²) in [5.41, 5.74) is 1.90. The lowest BCUT2D eigenvalue weighted by Gasteiger charge is -2.32. The van der Waals surface area contributed by atoms with Crippen LogP contribution in [0.2, 0.25) is 0 Å². The quantitative estimate of drug-likeness (QED) is 0.723. The lowest BCUT2D eigenvalue weighted by Crippen LogP contribution is -2.21. The van der Waals surface area contributed by atoms with Gasteiger partial charge in [0.15, 0.2) is 0 Å². The Kier molecular flexibility index (Phi) is 3.28. The summed E-state index contributed by atoms with van der Waals surface area (Å²) >= 11 is 0. The summed E-state index contributed by atoms with van der Waals surface area (Å²) in [4.78, 5) is 10.6. The molecule has 0 amide bonds. The first-order chi connectivity index (χ1) is 8.17. The Labute approximate surface area is 102 Å². The van der Waals surface area contributed by atoms with Crippen molar-refractivity contribution in [2.24, 2.45) is 5.41 Å². The van der Waals surface area contributed by atoms with Gasteiger partial charge in [-0.15, -0.1) is 0 Å². The fraction of sp³-hybridized carbons (Fsp3) is 0.467. The zero-order chi connectivity index (χ0) is 12.3. The first-order valence-electron chi connectivity index (χ1n) is 6.13. The molecule has 0 saturated heterocycles. The molecule has 0 N–H and O–H groups in total. The average Bonchev–Trinajstić information content (AvgIpc) is 2.40. The maximum atomic E-state index is 10.6. The monoisotopic (exact) mass is 227 g/mol. The van der Waals surface area contributed by atoms with Gasteiger partial charge in [0.2, 0.25) is 0 Å². The lowest BCUT2D eigenvalue weighted by molar-refractivity contribution is 0.112. The molecule has 1 aromatic carbocycles. The number of hydrogen-bond acceptors (Lipinski definition) is 2. The van der Waals surface area contributed by atoms with Crippen molar-refractivity contribution in [3.05, 3.63) is 35.4 Å². The van der Waals surface area contributed by atoms with E-state index in [-0.39, 0.29) is 5.41 Å². The lowest BCUT2D eigenvalue weighted by atomic mass is 9.71. The van der Waals surface area contributed by atoms with E-state index < -0.39 is 0 Å². The van der Waals surface area contributed by atoms with E-state index in [1.807, 2.05) is 24.3 Å². The van der Waals surface area contributed by atoms with Crippen molar-refractivity contribution in [1.29, 1.82) is 5.26 Å². The highest BCUT2D eigenvalue weighted by Gasteiger charge is 2.31. The highest BCUT2D eigenvalue weighted by molar-refractivity contribution is 5.74. The van der Waals surface area contributed by atoms with Crippen LogP contribution in [-0.2, 0) is 0 Å². The van der Waals surface area contributed by atoms with E-state index in [1.165, 1.54) is 5.56 Å². The summed E-state index contributed by atoms with van der Waals surface area (Å²) < 4.78 is 0. The molecule has 0 atom stereocenters. The molecule has 0 heterocycles. The zero-order valence-corrected chi connectivity index (χ0v) is 10.1. The molecular weight excluding hydrogens is 210 g/mol. The number of rotatable bonds is 2. The van der Waals surface area contributed by atoms with Crippen LogP contribution in [-0.4, -0.2) is 6.29 Å². The molecule has 0 bridgehead atoms. The molecule has 0 aromatic heterocycles. The molecule has 1 aromatic rings. The van der Waals surface area contributed by atoms with Crippen molar-refractivity contribution in [2.75, 3.05) is 0 Å². The number of carbonyl (C=O) groups excluding carboxylic acids is 1. The van der Waals surface area contributed by atoms with Gasteiger partial charge < -0.3 is 0 Å². The maximum Gasteiger partial charge on any atom is 0.150 e. The first-order valence-corrected chi connectivity index (χ1v) is 6.13. The van der Waals surface area contributed by atoms with E-state index in [0.29, 0.717) is 5.92 Å². The highest BCUT2D eigenvalue weighted by Crippen LogP contribution is 2.42. The summed E-state index contributed by atoms with van der Waals surface area (Å²) in [5, 5.41) is 9.09. The Morgan fingerprint density at radius 1 is 1.29 bits per heavy atom. The normalized spacial score (nSPS) is 28.4. The first kappa shape index (κ1) is 11.9. The van der Waals surface area contributed by atoms with Gasteiger partial charge in [0.05, 0.1) is 11.5 Å². The third-order valence-electron chi connectivity index (χ3n) is 3.90. The minimum atomic E-state index is -0.126. The van der Waals surface area contributed by atoms with Crippen LogP contribution in [0.4, 0.5) is 0 Å². The Bertz CT molecular complexity index is 433. The zero-order valence-electron chi connectivity index (χ0n) is 10.1. The van der Waals surface area contributed by atoms with Crippen LogP contribution in [0.5, 0.6) is 0 Å². The van der Waals surface area contributed by atoms with Gasteiger partial charge in [0.25, 0.3) is 0 Å². The largest absolute Gasteiger partial charge is 0.298 e. The number of hydrogen-bond donors (Lipinski definition) is 0. The van der Waals surface area contributed by atoms with E-state index in [2.05, 4.69) is 13.0 Å². The second kappa shape index (κ2) is 4.71. The third-order valence-corrected chi connectivity index (χ3v) is 3.90. The summed E-state index contributed by atoms with van der Waals surface area (Å²) in [5.74, 6) is 0.553. The van der Waals surface area contributed by atoms with Crippen LogP contribution in [0.3, 0.4) is 0 Å². The summed E-state index contributed by atoms with van der Waals surface area (Å²) in [7, 11) is 0. The Hall–Kier alpha value is -1.62. The SMILES string of the molecule is CC1(C#N)CCC(c2ccc(C=O)cc2)CC1. The smallest absolute Gasteiger partial charge is 0.150 e. The second-order valence-corrected chi connectivity index (χ2v) is 5.23. The minimum absolute atomic E-state index is 0.126. The van der Waals surface area contributed by atoms with Gasteiger partial charge >= 0.3 is 0 Å². The van der Waals surface area contributed by atoms with Crippen molar-refractivity contribution in [3.8, 4) is 6.07 Å². The van der Waals surface area contributed by atoms with Gasteiger partial charge in [-0.05, 0) is 44.1 Å². The molecule has 1 fully saturated rings. The predicted molar refractivity (Wildman–Crippen MR) is 66.8 cm³/mol. The van der Waals surface area contributed by atoms with Crippen LogP contribution in [0.25, 0.3) is 0 Å². The molecule has 2 rings (SSSR count). The molecule has 0 radical (unpaired) electrons. The molecule has 1 aliphatic rings. The molecule has 2 nitrogen and oxygen atoms in total. The van der Waals surface area contributed by atoms with Gasteiger partial charge in [-0.3, -0.25) is 4.79 Å². The van der Waals surface area contributed by atoms with Gasteiger partial charge in [0.1, 0.15) is 6.29 Å². The number of carbonyl (C=O) groups is 1. The van der Waals surface area contributed by atoms with Crippen LogP contribution in [0, 0.1) is 16.7 Å². The van der Waals surface area contributed by atoms with Crippen molar-refractivity contribution in [3.63, 3.8) is 0 Å². The molecule has 0 unspecified atom stereocenters. The van der Waals surface area contributed by atoms with E-state index in [0.717, 1.165) is 37.5 Å². The van der Waals surface area contributed by atoms with Gasteiger partial charge in [-0.2, -0.15) is 5.26 Å². The Morgan fingerprint density at radius 3 is 2.35 bits per heavy atom. The molecule has 1 aliphatic carbocycles. The van der Waals surface area contributed by atoms with E-state index >= 15 is 0 Å². The molecule has 1 saturated carbocycles. The highest BCUT2D eigenvalue weighted by atomic mass is 16.1. The van der Waals surface area contributed by atoms with E-state index in [9.17, 15) is 4.79 Å². The predicted octanol–water partition coefficient (Wildman–Crippen LogP) is 3.69. The fourth-order valence-electron chi connectivity index (χ4n) is 2.55. The molecular formula is C15H17NO. The Balaban J connectivity index is 2.05. The molecule has 2 heteroatoms. The van der Waals surface area contributed by atoms with Crippen LogP contribution in [0.1, 0.15) is 54.4 Å². The van der Waals surface area contributed by atoms with E-state index in [4.69, 9.17) is 5.26 Å². The molecule has 17 heavy (non-hydrogen) atoms. The Morgan fingerprint density at radius 2 is 1.88 bits per heavy atom. The van der Waals surface area contributed by atoms with Crippen molar-refractivity contribution < 1.29 is 4.79 Å². The van der Waals surface area contributed by atoms with Gasteiger partial charge in [0, 0.05) is 5.56 Å².